The Balaban J connectivity index is 2.30. The number of carbonyl (C=O) groups excluding carboxylic acids is 1. The number of nitrogens with zero attached hydrogens (tertiary/aromatic N) is 1. The van der Waals surface area contributed by atoms with Gasteiger partial charge in [0.25, 0.3) is 11.6 Å². The molecule has 2 aromatic rings. The average Bonchev–Trinajstić information content (AvgIpc) is 2.55. The zero-order valence-electron chi connectivity index (χ0n) is 13.6. The highest BCUT2D eigenvalue weighted by molar-refractivity contribution is 6.06. The summed E-state index contributed by atoms with van der Waals surface area (Å²) < 4.78 is 10.6. The van der Waals surface area contributed by atoms with Crippen LogP contribution in [0.4, 0.5) is 11.4 Å². The van der Waals surface area contributed by atoms with Crippen molar-refractivity contribution in [2.24, 2.45) is 0 Å². The van der Waals surface area contributed by atoms with Gasteiger partial charge in [-0.2, -0.15) is 0 Å². The number of ether oxygens (including phenoxy) is 2. The van der Waals surface area contributed by atoms with Gasteiger partial charge in [0.15, 0.2) is 0 Å². The third-order valence-corrected chi connectivity index (χ3v) is 3.13. The van der Waals surface area contributed by atoms with Crippen LogP contribution in [0.2, 0.25) is 0 Å². The van der Waals surface area contributed by atoms with Gasteiger partial charge in [0, 0.05) is 17.8 Å². The molecule has 1 amide bonds. The van der Waals surface area contributed by atoms with Gasteiger partial charge in [-0.1, -0.05) is 0 Å². The third kappa shape index (κ3) is 4.22. The first kappa shape index (κ1) is 17.3. The molecular formula is C17H18N2O5. The molecule has 0 radical (unpaired) electrons. The number of nitrogens with one attached hydrogen (secondary N) is 1. The number of anilines is 1. The predicted octanol–water partition coefficient (Wildman–Crippen LogP) is 3.64. The van der Waals surface area contributed by atoms with Gasteiger partial charge in [-0.3, -0.25) is 14.9 Å². The van der Waals surface area contributed by atoms with Gasteiger partial charge in [0.2, 0.25) is 0 Å². The lowest BCUT2D eigenvalue weighted by Crippen LogP contribution is -2.16. The Morgan fingerprint density at radius 2 is 1.83 bits per heavy atom. The average molecular weight is 330 g/mol. The molecule has 126 valence electrons. The molecule has 0 aliphatic carbocycles. The Hall–Kier alpha value is -3.09. The fourth-order valence-electron chi connectivity index (χ4n) is 2.04. The maximum Gasteiger partial charge on any atom is 0.270 e. The second kappa shape index (κ2) is 7.45. The van der Waals surface area contributed by atoms with Crippen LogP contribution in [0, 0.1) is 10.1 Å². The van der Waals surface area contributed by atoms with Crippen molar-refractivity contribution in [3.05, 3.63) is 58.1 Å². The van der Waals surface area contributed by atoms with E-state index in [0.29, 0.717) is 17.2 Å². The van der Waals surface area contributed by atoms with Crippen LogP contribution in [0.3, 0.4) is 0 Å². The molecule has 0 fully saturated rings. The summed E-state index contributed by atoms with van der Waals surface area (Å²) in [5.74, 6) is 0.466. The molecule has 24 heavy (non-hydrogen) atoms. The fraction of sp³-hybridized carbons (Fsp3) is 0.235. The summed E-state index contributed by atoms with van der Waals surface area (Å²) in [6.07, 6.45) is -0.168. The molecule has 0 spiro atoms. The van der Waals surface area contributed by atoms with Crippen LogP contribution < -0.4 is 14.8 Å². The number of methoxy groups -OCH3 is 1. The van der Waals surface area contributed by atoms with E-state index in [1.807, 2.05) is 13.8 Å². The second-order valence-corrected chi connectivity index (χ2v) is 5.29. The molecule has 7 nitrogen and oxygen atoms in total. The Morgan fingerprint density at radius 1 is 1.17 bits per heavy atom. The van der Waals surface area contributed by atoms with E-state index in [1.54, 1.807) is 31.4 Å². The third-order valence-electron chi connectivity index (χ3n) is 3.13. The van der Waals surface area contributed by atoms with Crippen molar-refractivity contribution in [1.29, 1.82) is 0 Å². The van der Waals surface area contributed by atoms with E-state index < -0.39 is 10.8 Å². The second-order valence-electron chi connectivity index (χ2n) is 5.29. The van der Waals surface area contributed by atoms with Crippen molar-refractivity contribution in [3.8, 4) is 11.5 Å². The van der Waals surface area contributed by atoms with Crippen molar-refractivity contribution in [2.75, 3.05) is 12.4 Å². The molecule has 0 bridgehead atoms. The van der Waals surface area contributed by atoms with Crippen LogP contribution in [-0.2, 0) is 0 Å². The number of nitro benzene ring substituents is 1. The summed E-state index contributed by atoms with van der Waals surface area (Å²) >= 11 is 0. The van der Waals surface area contributed by atoms with Crippen molar-refractivity contribution < 1.29 is 19.2 Å². The molecule has 2 rings (SSSR count). The largest absolute Gasteiger partial charge is 0.497 e. The molecule has 0 saturated carbocycles. The minimum Gasteiger partial charge on any atom is -0.497 e. The lowest BCUT2D eigenvalue weighted by atomic mass is 10.1. The van der Waals surface area contributed by atoms with Gasteiger partial charge in [-0.25, -0.2) is 0 Å². The minimum absolute atomic E-state index is 0.105. The molecule has 0 aromatic heterocycles. The first-order chi connectivity index (χ1) is 11.4. The van der Waals surface area contributed by atoms with Crippen LogP contribution in [0.15, 0.2) is 42.5 Å². The summed E-state index contributed by atoms with van der Waals surface area (Å²) in [6, 6.07) is 10.7. The summed E-state index contributed by atoms with van der Waals surface area (Å²) in [5, 5.41) is 13.6. The highest BCUT2D eigenvalue weighted by atomic mass is 16.6. The molecule has 0 unspecified atom stereocenters. The minimum atomic E-state index is -0.552. The molecule has 0 aliphatic rings. The van der Waals surface area contributed by atoms with Gasteiger partial charge >= 0.3 is 0 Å². The smallest absolute Gasteiger partial charge is 0.270 e. The van der Waals surface area contributed by atoms with Crippen molar-refractivity contribution in [3.63, 3.8) is 0 Å². The first-order valence-electron chi connectivity index (χ1n) is 7.31. The molecule has 2 aromatic carbocycles. The van der Waals surface area contributed by atoms with E-state index in [9.17, 15) is 14.9 Å². The monoisotopic (exact) mass is 330 g/mol. The number of nitro groups is 1. The Kier molecular flexibility index (Phi) is 5.36. The summed E-state index contributed by atoms with van der Waals surface area (Å²) in [5.41, 5.74) is 0.475. The van der Waals surface area contributed by atoms with Gasteiger partial charge in [-0.15, -0.1) is 0 Å². The molecule has 0 heterocycles. The molecule has 0 saturated heterocycles. The zero-order valence-corrected chi connectivity index (χ0v) is 13.6. The number of hydrogen-bond acceptors (Lipinski definition) is 5. The highest BCUT2D eigenvalue weighted by Gasteiger charge is 2.19. The number of benzene rings is 2. The van der Waals surface area contributed by atoms with Gasteiger partial charge < -0.3 is 14.8 Å². The Morgan fingerprint density at radius 3 is 2.38 bits per heavy atom. The van der Waals surface area contributed by atoms with Gasteiger partial charge in [0.1, 0.15) is 11.5 Å². The molecule has 1 N–H and O–H groups in total. The summed E-state index contributed by atoms with van der Waals surface area (Å²) in [7, 11) is 1.55. The van der Waals surface area contributed by atoms with Crippen LogP contribution >= 0.6 is 0 Å². The van der Waals surface area contributed by atoms with Gasteiger partial charge in [0.05, 0.1) is 23.7 Å². The Labute approximate surface area is 139 Å². The van der Waals surface area contributed by atoms with Crippen LogP contribution in [-0.4, -0.2) is 24.0 Å². The molecular weight excluding hydrogens is 312 g/mol. The van der Waals surface area contributed by atoms with E-state index in [2.05, 4.69) is 5.32 Å². The van der Waals surface area contributed by atoms with E-state index in [-0.39, 0.29) is 17.4 Å². The standard InChI is InChI=1S/C17H18N2O5/c1-11(2)24-16-9-6-13(19(21)22)10-15(16)17(20)18-12-4-7-14(23-3)8-5-12/h4-11H,1-3H3,(H,18,20). The van der Waals surface area contributed by atoms with E-state index in [1.165, 1.54) is 18.2 Å². The van der Waals surface area contributed by atoms with E-state index >= 15 is 0 Å². The molecule has 0 aliphatic heterocycles. The van der Waals surface area contributed by atoms with E-state index in [4.69, 9.17) is 9.47 Å². The number of amides is 1. The SMILES string of the molecule is COc1ccc(NC(=O)c2cc([N+](=O)[O-])ccc2OC(C)C)cc1. The highest BCUT2D eigenvalue weighted by Crippen LogP contribution is 2.26. The quantitative estimate of drug-likeness (QED) is 0.645. The lowest BCUT2D eigenvalue weighted by molar-refractivity contribution is -0.384. The maximum atomic E-state index is 12.5. The summed E-state index contributed by atoms with van der Waals surface area (Å²) in [4.78, 5) is 22.9. The van der Waals surface area contributed by atoms with Gasteiger partial charge in [-0.05, 0) is 44.2 Å². The van der Waals surface area contributed by atoms with Crippen molar-refractivity contribution in [1.82, 2.24) is 0 Å². The normalized spacial score (nSPS) is 10.3. The lowest BCUT2D eigenvalue weighted by Gasteiger charge is -2.14. The molecule has 0 atom stereocenters. The fourth-order valence-corrected chi connectivity index (χ4v) is 2.04. The van der Waals surface area contributed by atoms with Crippen LogP contribution in [0.1, 0.15) is 24.2 Å². The zero-order chi connectivity index (χ0) is 17.7. The van der Waals surface area contributed by atoms with Crippen LogP contribution in [0.25, 0.3) is 0 Å². The number of carbonyl (C=O) groups is 1. The number of hydrogen-bond donors (Lipinski definition) is 1. The number of rotatable bonds is 6. The maximum absolute atomic E-state index is 12.5. The van der Waals surface area contributed by atoms with Crippen molar-refractivity contribution in [2.45, 2.75) is 20.0 Å². The Bertz CT molecular complexity index is 741. The molecule has 7 heteroatoms. The van der Waals surface area contributed by atoms with Crippen molar-refractivity contribution >= 4 is 17.3 Å². The predicted molar refractivity (Wildman–Crippen MR) is 89.8 cm³/mol. The summed E-state index contributed by atoms with van der Waals surface area (Å²) in [6.45, 7) is 3.62. The number of non-ortho nitro benzene ring substituents is 1. The van der Waals surface area contributed by atoms with Crippen LogP contribution in [0.5, 0.6) is 11.5 Å². The topological polar surface area (TPSA) is 90.7 Å². The first-order valence-corrected chi connectivity index (χ1v) is 7.31. The van der Waals surface area contributed by atoms with E-state index in [0.717, 1.165) is 0 Å².